The summed E-state index contributed by atoms with van der Waals surface area (Å²) in [6, 6.07) is 5.25. The number of hydrogen-bond acceptors (Lipinski definition) is 5. The number of amides is 1. The van der Waals surface area contributed by atoms with E-state index < -0.39 is 10.0 Å². The van der Waals surface area contributed by atoms with Crippen molar-refractivity contribution >= 4 is 32.4 Å². The van der Waals surface area contributed by atoms with Crippen molar-refractivity contribution in [1.29, 1.82) is 0 Å². The Morgan fingerprint density at radius 1 is 1.26 bits per heavy atom. The smallest absolute Gasteiger partial charge is 0.240 e. The number of nitrogens with zero attached hydrogens (tertiary/aromatic N) is 1. The van der Waals surface area contributed by atoms with E-state index in [2.05, 4.69) is 15.0 Å². The molecule has 0 radical (unpaired) electrons. The van der Waals surface area contributed by atoms with Crippen LogP contribution in [0.4, 0.5) is 5.13 Å². The van der Waals surface area contributed by atoms with Gasteiger partial charge < -0.3 is 5.32 Å². The van der Waals surface area contributed by atoms with Crippen LogP contribution in [-0.2, 0) is 14.8 Å². The Bertz CT molecular complexity index is 813. The minimum absolute atomic E-state index is 0.0336. The first-order valence-electron chi connectivity index (χ1n) is 7.07. The second kappa shape index (κ2) is 7.20. The maximum atomic E-state index is 12.3. The highest BCUT2D eigenvalue weighted by Gasteiger charge is 2.17. The zero-order valence-electron chi connectivity index (χ0n) is 13.2. The molecule has 1 aromatic heterocycles. The third-order valence-corrected chi connectivity index (χ3v) is 5.62. The van der Waals surface area contributed by atoms with Crippen LogP contribution >= 0.6 is 11.3 Å². The SMILES string of the molecule is Cc1ccc(C)c(S(=O)(=O)NCCC(=O)Nc2nc(C)cs2)c1. The van der Waals surface area contributed by atoms with Gasteiger partial charge in [0.1, 0.15) is 0 Å². The summed E-state index contributed by atoms with van der Waals surface area (Å²) in [4.78, 5) is 16.2. The van der Waals surface area contributed by atoms with Crippen LogP contribution < -0.4 is 10.0 Å². The summed E-state index contributed by atoms with van der Waals surface area (Å²) in [7, 11) is -3.62. The number of aromatic nitrogens is 1. The first kappa shape index (κ1) is 17.6. The van der Waals surface area contributed by atoms with Gasteiger partial charge >= 0.3 is 0 Å². The van der Waals surface area contributed by atoms with E-state index in [1.54, 1.807) is 19.1 Å². The van der Waals surface area contributed by atoms with Crippen molar-refractivity contribution in [2.75, 3.05) is 11.9 Å². The van der Waals surface area contributed by atoms with Crippen molar-refractivity contribution in [1.82, 2.24) is 9.71 Å². The largest absolute Gasteiger partial charge is 0.302 e. The van der Waals surface area contributed by atoms with Crippen LogP contribution in [-0.4, -0.2) is 25.9 Å². The molecule has 0 fully saturated rings. The van der Waals surface area contributed by atoms with E-state index >= 15 is 0 Å². The van der Waals surface area contributed by atoms with Gasteiger partial charge in [0, 0.05) is 18.3 Å². The molecule has 124 valence electrons. The summed E-state index contributed by atoms with van der Waals surface area (Å²) in [6.07, 6.45) is 0.0444. The van der Waals surface area contributed by atoms with Crippen LogP contribution in [0.25, 0.3) is 0 Å². The molecule has 1 heterocycles. The molecule has 0 aliphatic carbocycles. The molecular weight excluding hydrogens is 334 g/mol. The summed E-state index contributed by atoms with van der Waals surface area (Å²) in [5.41, 5.74) is 2.37. The van der Waals surface area contributed by atoms with Crippen molar-refractivity contribution in [2.24, 2.45) is 0 Å². The molecule has 0 aliphatic heterocycles. The van der Waals surface area contributed by atoms with Gasteiger partial charge in [-0.15, -0.1) is 11.3 Å². The first-order chi connectivity index (χ1) is 10.8. The fourth-order valence-electron chi connectivity index (χ4n) is 1.97. The van der Waals surface area contributed by atoms with E-state index in [9.17, 15) is 13.2 Å². The Morgan fingerprint density at radius 3 is 2.65 bits per heavy atom. The van der Waals surface area contributed by atoms with E-state index in [0.29, 0.717) is 10.7 Å². The van der Waals surface area contributed by atoms with E-state index in [4.69, 9.17) is 0 Å². The first-order valence-corrected chi connectivity index (χ1v) is 9.43. The minimum Gasteiger partial charge on any atom is -0.302 e. The van der Waals surface area contributed by atoms with Crippen molar-refractivity contribution < 1.29 is 13.2 Å². The van der Waals surface area contributed by atoms with Gasteiger partial charge in [-0.05, 0) is 38.0 Å². The molecule has 0 bridgehead atoms. The molecule has 2 N–H and O–H groups in total. The third-order valence-electron chi connectivity index (χ3n) is 3.14. The van der Waals surface area contributed by atoms with E-state index in [0.717, 1.165) is 11.3 Å². The van der Waals surface area contributed by atoms with Crippen LogP contribution in [0.15, 0.2) is 28.5 Å². The van der Waals surface area contributed by atoms with Gasteiger partial charge in [-0.2, -0.15) is 0 Å². The molecule has 2 aromatic rings. The second-order valence-electron chi connectivity index (χ2n) is 5.26. The Balaban J connectivity index is 1.92. The predicted molar refractivity (Wildman–Crippen MR) is 91.2 cm³/mol. The average Bonchev–Trinajstić information content (AvgIpc) is 2.86. The predicted octanol–water partition coefficient (Wildman–Crippen LogP) is 2.38. The standard InChI is InChI=1S/C15H19N3O3S2/c1-10-4-5-11(2)13(8-10)23(20,21)16-7-6-14(19)18-15-17-12(3)9-22-15/h4-5,8-9,16H,6-7H2,1-3H3,(H,17,18,19). The third kappa shape index (κ3) is 4.85. The van der Waals surface area contributed by atoms with Gasteiger partial charge in [0.05, 0.1) is 10.6 Å². The fourth-order valence-corrected chi connectivity index (χ4v) is 4.03. The molecule has 0 atom stereocenters. The number of benzene rings is 1. The van der Waals surface area contributed by atoms with Crippen molar-refractivity contribution in [3.05, 3.63) is 40.4 Å². The molecule has 0 unspecified atom stereocenters. The lowest BCUT2D eigenvalue weighted by Gasteiger charge is -2.10. The molecule has 8 heteroatoms. The maximum Gasteiger partial charge on any atom is 0.240 e. The maximum absolute atomic E-state index is 12.3. The number of rotatable bonds is 6. The Kier molecular flexibility index (Phi) is 5.51. The second-order valence-corrected chi connectivity index (χ2v) is 7.85. The van der Waals surface area contributed by atoms with Gasteiger partial charge in [0.2, 0.25) is 15.9 Å². The number of sulfonamides is 1. The molecule has 1 aromatic carbocycles. The van der Waals surface area contributed by atoms with E-state index in [1.165, 1.54) is 11.3 Å². The zero-order valence-corrected chi connectivity index (χ0v) is 14.8. The van der Waals surface area contributed by atoms with E-state index in [-0.39, 0.29) is 23.8 Å². The van der Waals surface area contributed by atoms with Gasteiger partial charge in [-0.1, -0.05) is 12.1 Å². The summed E-state index contributed by atoms with van der Waals surface area (Å²) < 4.78 is 27.1. The summed E-state index contributed by atoms with van der Waals surface area (Å²) in [5, 5.41) is 4.99. The molecule has 6 nitrogen and oxygen atoms in total. The number of nitrogens with one attached hydrogen (secondary N) is 2. The van der Waals surface area contributed by atoms with Crippen LogP contribution in [0.5, 0.6) is 0 Å². The highest BCUT2D eigenvalue weighted by molar-refractivity contribution is 7.89. The molecule has 23 heavy (non-hydrogen) atoms. The average molecular weight is 353 g/mol. The van der Waals surface area contributed by atoms with Crippen LogP contribution in [0, 0.1) is 20.8 Å². The molecule has 0 spiro atoms. The van der Waals surface area contributed by atoms with Crippen LogP contribution in [0.3, 0.4) is 0 Å². The van der Waals surface area contributed by atoms with Crippen molar-refractivity contribution in [2.45, 2.75) is 32.1 Å². The normalized spacial score (nSPS) is 11.4. The highest BCUT2D eigenvalue weighted by Crippen LogP contribution is 2.17. The molecule has 1 amide bonds. The number of thiazole rings is 1. The van der Waals surface area contributed by atoms with Crippen LogP contribution in [0.2, 0.25) is 0 Å². The molecule has 0 saturated heterocycles. The molecular formula is C15H19N3O3S2. The van der Waals surface area contributed by atoms with Gasteiger partial charge in [0.15, 0.2) is 5.13 Å². The minimum atomic E-state index is -3.62. The van der Waals surface area contributed by atoms with E-state index in [1.807, 2.05) is 25.3 Å². The number of carbonyl (C=O) groups is 1. The van der Waals surface area contributed by atoms with Crippen molar-refractivity contribution in [3.8, 4) is 0 Å². The number of carbonyl (C=O) groups excluding carboxylic acids is 1. The quantitative estimate of drug-likeness (QED) is 0.834. The number of hydrogen-bond donors (Lipinski definition) is 2. The van der Waals surface area contributed by atoms with Crippen molar-refractivity contribution in [3.63, 3.8) is 0 Å². The lowest BCUT2D eigenvalue weighted by molar-refractivity contribution is -0.116. The molecule has 0 saturated carbocycles. The lowest BCUT2D eigenvalue weighted by Crippen LogP contribution is -2.28. The van der Waals surface area contributed by atoms with Crippen LogP contribution in [0.1, 0.15) is 23.2 Å². The Labute approximate surface area is 140 Å². The summed E-state index contributed by atoms with van der Waals surface area (Å²) in [5.74, 6) is -0.275. The summed E-state index contributed by atoms with van der Waals surface area (Å²) >= 11 is 1.34. The fraction of sp³-hybridized carbons (Fsp3) is 0.333. The molecule has 2 rings (SSSR count). The Morgan fingerprint density at radius 2 is 2.00 bits per heavy atom. The number of anilines is 1. The van der Waals surface area contributed by atoms with Gasteiger partial charge in [-0.3, -0.25) is 4.79 Å². The highest BCUT2D eigenvalue weighted by atomic mass is 32.2. The zero-order chi connectivity index (χ0) is 17.0. The lowest BCUT2D eigenvalue weighted by atomic mass is 10.2. The van der Waals surface area contributed by atoms with Gasteiger partial charge in [-0.25, -0.2) is 18.1 Å². The topological polar surface area (TPSA) is 88.2 Å². The molecule has 0 aliphatic rings. The summed E-state index contributed by atoms with van der Waals surface area (Å²) in [6.45, 7) is 5.45. The number of aryl methyl sites for hydroxylation is 3. The monoisotopic (exact) mass is 353 g/mol. The van der Waals surface area contributed by atoms with Gasteiger partial charge in [0.25, 0.3) is 0 Å². The Hall–Kier alpha value is -1.77.